The highest BCUT2D eigenvalue weighted by molar-refractivity contribution is 5.82. The lowest BCUT2D eigenvalue weighted by atomic mass is 9.94. The number of nitrogens with one attached hydrogen (secondary N) is 1. The number of halogens is 1. The van der Waals surface area contributed by atoms with Crippen molar-refractivity contribution in [1.29, 1.82) is 0 Å². The molecule has 0 aliphatic carbocycles. The first-order chi connectivity index (χ1) is 16.7. The van der Waals surface area contributed by atoms with Crippen LogP contribution in [-0.4, -0.2) is 21.7 Å². The summed E-state index contributed by atoms with van der Waals surface area (Å²) in [5.41, 5.74) is 3.41. The van der Waals surface area contributed by atoms with Crippen molar-refractivity contribution < 1.29 is 13.9 Å². The Labute approximate surface area is 205 Å². The van der Waals surface area contributed by atoms with Crippen molar-refractivity contribution >= 4 is 16.8 Å². The molecule has 0 bridgehead atoms. The maximum Gasteiger partial charge on any atom is 0.225 e. The molecule has 1 heterocycles. The highest BCUT2D eigenvalue weighted by Crippen LogP contribution is 2.30. The van der Waals surface area contributed by atoms with E-state index in [0.29, 0.717) is 5.75 Å². The van der Waals surface area contributed by atoms with Crippen molar-refractivity contribution in [3.63, 3.8) is 0 Å². The summed E-state index contributed by atoms with van der Waals surface area (Å²) in [7, 11) is 0. The monoisotopic (exact) mass is 473 g/mol. The predicted molar refractivity (Wildman–Crippen MR) is 137 cm³/mol. The molecule has 2 atom stereocenters. The minimum atomic E-state index is -0.501. The highest BCUT2D eigenvalue weighted by atomic mass is 19.1. The van der Waals surface area contributed by atoms with Crippen molar-refractivity contribution in [2.45, 2.75) is 53.2 Å². The first-order valence-corrected chi connectivity index (χ1v) is 12.0. The van der Waals surface area contributed by atoms with Crippen LogP contribution >= 0.6 is 0 Å². The molecule has 0 radical (unpaired) electrons. The highest BCUT2D eigenvalue weighted by Gasteiger charge is 2.28. The van der Waals surface area contributed by atoms with Crippen molar-refractivity contribution in [3.05, 3.63) is 89.9 Å². The number of carbonyl (C=O) groups excluding carboxylic acids is 1. The Morgan fingerprint density at radius 2 is 1.74 bits per heavy atom. The number of hydrogen-bond donors (Lipinski definition) is 1. The Balaban J connectivity index is 1.64. The number of aromatic nitrogens is 2. The second kappa shape index (κ2) is 9.90. The van der Waals surface area contributed by atoms with Gasteiger partial charge in [-0.3, -0.25) is 4.79 Å². The van der Waals surface area contributed by atoms with Crippen LogP contribution in [-0.2, 0) is 11.2 Å². The number of ether oxygens (including phenoxy) is 1. The van der Waals surface area contributed by atoms with Gasteiger partial charge in [0.25, 0.3) is 0 Å². The van der Waals surface area contributed by atoms with Gasteiger partial charge >= 0.3 is 0 Å². The molecule has 0 spiro atoms. The van der Waals surface area contributed by atoms with Gasteiger partial charge in [0, 0.05) is 10.8 Å². The van der Waals surface area contributed by atoms with E-state index in [1.807, 2.05) is 45.9 Å². The Kier molecular flexibility index (Phi) is 6.92. The van der Waals surface area contributed by atoms with E-state index in [1.54, 1.807) is 23.0 Å². The molecule has 0 saturated carbocycles. The molecule has 1 aromatic heterocycles. The summed E-state index contributed by atoms with van der Waals surface area (Å²) in [6.45, 7) is 9.78. The van der Waals surface area contributed by atoms with Crippen LogP contribution in [0, 0.1) is 11.2 Å². The van der Waals surface area contributed by atoms with Crippen LogP contribution in [0.5, 0.6) is 5.75 Å². The van der Waals surface area contributed by atoms with Crippen molar-refractivity contribution in [2.24, 2.45) is 5.41 Å². The molecule has 4 aromatic rings. The lowest BCUT2D eigenvalue weighted by molar-refractivity contribution is -0.129. The van der Waals surface area contributed by atoms with E-state index in [4.69, 9.17) is 4.74 Å². The molecular weight excluding hydrogens is 441 g/mol. The van der Waals surface area contributed by atoms with Crippen LogP contribution in [0.1, 0.15) is 51.8 Å². The maximum absolute atomic E-state index is 13.3. The lowest BCUT2D eigenvalue weighted by Gasteiger charge is -2.29. The molecule has 1 amide bonds. The van der Waals surface area contributed by atoms with Gasteiger partial charge in [0.2, 0.25) is 5.91 Å². The van der Waals surface area contributed by atoms with Gasteiger partial charge in [0.1, 0.15) is 17.7 Å². The van der Waals surface area contributed by atoms with E-state index < -0.39 is 5.41 Å². The van der Waals surface area contributed by atoms with E-state index in [9.17, 15) is 9.18 Å². The Morgan fingerprint density at radius 3 is 2.37 bits per heavy atom. The zero-order chi connectivity index (χ0) is 25.2. The Hall–Kier alpha value is -3.67. The minimum absolute atomic E-state index is 0.0280. The molecule has 0 aliphatic heterocycles. The summed E-state index contributed by atoms with van der Waals surface area (Å²) in [4.78, 5) is 12.7. The zero-order valence-electron chi connectivity index (χ0n) is 20.9. The summed E-state index contributed by atoms with van der Waals surface area (Å²) in [6.07, 6.45) is 2.34. The average molecular weight is 474 g/mol. The molecule has 2 unspecified atom stereocenters. The molecule has 5 nitrogen and oxygen atoms in total. The first-order valence-electron chi connectivity index (χ1n) is 12.0. The number of benzene rings is 3. The van der Waals surface area contributed by atoms with E-state index in [1.165, 1.54) is 17.7 Å². The van der Waals surface area contributed by atoms with Gasteiger partial charge in [-0.15, -0.1) is 0 Å². The number of fused-ring (bicyclic) bond motifs is 1. The van der Waals surface area contributed by atoms with Gasteiger partial charge in [0.15, 0.2) is 0 Å². The number of aryl methyl sites for hydroxylation is 1. The molecule has 6 heteroatoms. The lowest BCUT2D eigenvalue weighted by Crippen LogP contribution is -2.44. The fourth-order valence-corrected chi connectivity index (χ4v) is 3.92. The third-order valence-corrected chi connectivity index (χ3v) is 6.08. The fraction of sp³-hybridized carbons (Fsp3) is 0.310. The Morgan fingerprint density at radius 1 is 1.06 bits per heavy atom. The SMILES string of the molecule is CCc1ccc(C(Oc2ccc3c(cnn3-c3ccc(F)cc3)c2)C(C)NC(=O)C(C)(C)C)cc1. The Bertz CT molecular complexity index is 1300. The summed E-state index contributed by atoms with van der Waals surface area (Å²) in [5, 5.41) is 8.50. The van der Waals surface area contributed by atoms with Crippen LogP contribution in [0.25, 0.3) is 16.6 Å². The van der Waals surface area contributed by atoms with E-state index in [-0.39, 0.29) is 23.9 Å². The number of nitrogens with zero attached hydrogens (tertiary/aromatic N) is 2. The third-order valence-electron chi connectivity index (χ3n) is 6.08. The normalized spacial score (nSPS) is 13.4. The molecule has 4 rings (SSSR count). The number of rotatable bonds is 7. The third kappa shape index (κ3) is 5.53. The van der Waals surface area contributed by atoms with Crippen LogP contribution < -0.4 is 10.1 Å². The van der Waals surface area contributed by atoms with E-state index in [0.717, 1.165) is 28.6 Å². The van der Waals surface area contributed by atoms with Crippen molar-refractivity contribution in [3.8, 4) is 11.4 Å². The molecule has 3 aromatic carbocycles. The quantitative estimate of drug-likeness (QED) is 0.338. The molecule has 0 aliphatic rings. The topological polar surface area (TPSA) is 56.1 Å². The van der Waals surface area contributed by atoms with Gasteiger partial charge < -0.3 is 10.1 Å². The van der Waals surface area contributed by atoms with Crippen molar-refractivity contribution in [1.82, 2.24) is 15.1 Å². The maximum atomic E-state index is 13.3. The zero-order valence-corrected chi connectivity index (χ0v) is 20.9. The molecule has 0 fully saturated rings. The summed E-state index contributed by atoms with van der Waals surface area (Å²) in [6, 6.07) is 20.1. The summed E-state index contributed by atoms with van der Waals surface area (Å²) >= 11 is 0. The van der Waals surface area contributed by atoms with Gasteiger partial charge in [-0.25, -0.2) is 9.07 Å². The molecule has 35 heavy (non-hydrogen) atoms. The van der Waals surface area contributed by atoms with Gasteiger partial charge in [-0.2, -0.15) is 5.10 Å². The smallest absolute Gasteiger partial charge is 0.225 e. The molecule has 0 saturated heterocycles. The molecule has 182 valence electrons. The first kappa shape index (κ1) is 24.5. The van der Waals surface area contributed by atoms with Gasteiger partial charge in [0.05, 0.1) is 23.4 Å². The number of carbonyl (C=O) groups is 1. The summed E-state index contributed by atoms with van der Waals surface area (Å²) in [5.74, 6) is 0.365. The molecule has 1 N–H and O–H groups in total. The van der Waals surface area contributed by atoms with Crippen LogP contribution in [0.2, 0.25) is 0 Å². The van der Waals surface area contributed by atoms with Crippen LogP contribution in [0.15, 0.2) is 72.9 Å². The average Bonchev–Trinajstić information content (AvgIpc) is 3.25. The second-order valence-electron chi connectivity index (χ2n) is 9.90. The second-order valence-corrected chi connectivity index (χ2v) is 9.90. The summed E-state index contributed by atoms with van der Waals surface area (Å²) < 4.78 is 21.6. The minimum Gasteiger partial charge on any atom is -0.484 e. The van der Waals surface area contributed by atoms with E-state index in [2.05, 4.69) is 41.6 Å². The standard InChI is InChI=1S/C29H32FN3O2/c1-6-20-7-9-21(10-8-20)27(19(2)32-28(34)29(3,4)5)35-25-15-16-26-22(17-25)18-31-33(26)24-13-11-23(30)12-14-24/h7-19,27H,6H2,1-5H3,(H,32,34). The number of hydrogen-bond acceptors (Lipinski definition) is 3. The van der Waals surface area contributed by atoms with E-state index >= 15 is 0 Å². The molecular formula is C29H32FN3O2. The van der Waals surface area contributed by atoms with Crippen molar-refractivity contribution in [2.75, 3.05) is 0 Å². The van der Waals surface area contributed by atoms with Gasteiger partial charge in [-0.05, 0) is 66.9 Å². The largest absolute Gasteiger partial charge is 0.484 e. The number of amides is 1. The van der Waals surface area contributed by atoms with Crippen LogP contribution in [0.3, 0.4) is 0 Å². The predicted octanol–water partition coefficient (Wildman–Crippen LogP) is 6.40. The van der Waals surface area contributed by atoms with Gasteiger partial charge in [-0.1, -0.05) is 52.0 Å². The van der Waals surface area contributed by atoms with Crippen LogP contribution in [0.4, 0.5) is 4.39 Å². The fourth-order valence-electron chi connectivity index (χ4n) is 3.92.